The molecule has 0 spiro atoms. The van der Waals surface area contributed by atoms with E-state index in [-0.39, 0.29) is 0 Å². The van der Waals surface area contributed by atoms with Crippen molar-refractivity contribution in [1.29, 1.82) is 0 Å². The van der Waals surface area contributed by atoms with E-state index in [4.69, 9.17) is 0 Å². The van der Waals surface area contributed by atoms with Crippen LogP contribution in [0.15, 0.2) is 152 Å². The molecule has 0 saturated carbocycles. The zero-order chi connectivity index (χ0) is 29.2. The van der Waals surface area contributed by atoms with Crippen LogP contribution in [-0.4, -0.2) is 8.80 Å². The van der Waals surface area contributed by atoms with E-state index in [2.05, 4.69) is 165 Å². The molecule has 4 aromatic heterocycles. The van der Waals surface area contributed by atoms with E-state index in [9.17, 15) is 0 Å². The second-order valence-electron chi connectivity index (χ2n) is 12.2. The van der Waals surface area contributed by atoms with Crippen LogP contribution in [0.3, 0.4) is 0 Å². The van der Waals surface area contributed by atoms with Gasteiger partial charge in [-0.25, -0.2) is 0 Å². The fourth-order valence-electron chi connectivity index (χ4n) is 8.18. The highest BCUT2D eigenvalue weighted by Crippen LogP contribution is 2.47. The minimum Gasteiger partial charge on any atom is -0.308 e. The van der Waals surface area contributed by atoms with Crippen LogP contribution in [0, 0.1) is 0 Å². The molecule has 3 heteroatoms. The normalized spacial score (nSPS) is 12.4. The molecule has 0 fully saturated rings. The van der Waals surface area contributed by atoms with Crippen molar-refractivity contribution in [2.24, 2.45) is 0 Å². The third kappa shape index (κ3) is 2.86. The van der Waals surface area contributed by atoms with Gasteiger partial charge < -0.3 is 13.7 Å². The Labute approximate surface area is 258 Å². The molecule has 0 amide bonds. The number of rotatable bonds is 3. The largest absolute Gasteiger partial charge is 0.308 e. The van der Waals surface area contributed by atoms with Gasteiger partial charge in [-0.2, -0.15) is 0 Å². The van der Waals surface area contributed by atoms with Gasteiger partial charge in [0.1, 0.15) is 0 Å². The molecular weight excluding hydrogens is 546 g/mol. The lowest BCUT2D eigenvalue weighted by atomic mass is 10.0. The van der Waals surface area contributed by atoms with Crippen LogP contribution in [0.1, 0.15) is 0 Å². The first-order valence-electron chi connectivity index (χ1n) is 15.5. The molecule has 0 aliphatic heterocycles. The molecule has 0 unspecified atom stereocenters. The number of benzene rings is 7. The maximum atomic E-state index is 2.54. The van der Waals surface area contributed by atoms with Gasteiger partial charge in [0.2, 0.25) is 0 Å². The van der Waals surface area contributed by atoms with E-state index in [0.717, 1.165) is 11.4 Å². The molecule has 0 aliphatic carbocycles. The fourth-order valence-corrected chi connectivity index (χ4v) is 8.18. The average Bonchev–Trinajstić information content (AvgIpc) is 3.82. The first-order chi connectivity index (χ1) is 22.4. The molecule has 11 rings (SSSR count). The SMILES string of the molecule is c1ccc(N(c2ccccc2)c2cccc3c4cccc5c6cc7c(cc6n(c23)c54)c2cccc3c4ccccc4n7c32)cc1. The number of nitrogens with zero attached hydrogens (tertiary/aromatic N) is 3. The lowest BCUT2D eigenvalue weighted by molar-refractivity contribution is 1.27. The first-order valence-corrected chi connectivity index (χ1v) is 15.5. The minimum atomic E-state index is 1.14. The van der Waals surface area contributed by atoms with Crippen molar-refractivity contribution in [3.05, 3.63) is 152 Å². The number of para-hydroxylation sites is 6. The third-order valence-corrected chi connectivity index (χ3v) is 9.93. The lowest BCUT2D eigenvalue weighted by Gasteiger charge is -2.26. The van der Waals surface area contributed by atoms with Crippen molar-refractivity contribution in [3.63, 3.8) is 0 Å². The van der Waals surface area contributed by atoms with E-state index in [0.29, 0.717) is 0 Å². The molecule has 0 N–H and O–H groups in total. The summed E-state index contributed by atoms with van der Waals surface area (Å²) in [7, 11) is 0. The summed E-state index contributed by atoms with van der Waals surface area (Å²) in [5.74, 6) is 0. The van der Waals surface area contributed by atoms with Crippen LogP contribution < -0.4 is 4.90 Å². The molecule has 3 nitrogen and oxygen atoms in total. The van der Waals surface area contributed by atoms with Crippen molar-refractivity contribution in [1.82, 2.24) is 8.80 Å². The van der Waals surface area contributed by atoms with Crippen LogP contribution in [-0.2, 0) is 0 Å². The average molecular weight is 572 g/mol. The van der Waals surface area contributed by atoms with Gasteiger partial charge in [0.05, 0.1) is 38.8 Å². The highest BCUT2D eigenvalue weighted by molar-refractivity contribution is 6.29. The van der Waals surface area contributed by atoms with Gasteiger partial charge in [0, 0.05) is 54.5 Å². The maximum absolute atomic E-state index is 2.54. The smallest absolute Gasteiger partial charge is 0.0782 e. The minimum absolute atomic E-state index is 1.14. The molecule has 0 aliphatic rings. The van der Waals surface area contributed by atoms with E-state index in [1.807, 2.05) is 0 Å². The second-order valence-corrected chi connectivity index (χ2v) is 12.2. The highest BCUT2D eigenvalue weighted by Gasteiger charge is 2.25. The molecule has 11 aromatic rings. The standard InChI is InChI=1S/C42H25N3/c1-3-12-26(13-4-1)43(27-14-5-2-6-15-27)37-23-11-21-31-30-18-10-20-33-35-24-38-34(25-39(35)45(41(30)33)42(31)37)32-19-9-17-29-28-16-7-8-22-36(28)44(38)40(29)32/h1-25H. The molecule has 0 radical (unpaired) electrons. The summed E-state index contributed by atoms with van der Waals surface area (Å²) in [5.41, 5.74) is 11.1. The van der Waals surface area contributed by atoms with E-state index in [1.165, 1.54) is 81.9 Å². The molecule has 0 atom stereocenters. The number of anilines is 3. The van der Waals surface area contributed by atoms with Gasteiger partial charge in [-0.1, -0.05) is 103 Å². The third-order valence-electron chi connectivity index (χ3n) is 9.93. The number of aromatic nitrogens is 2. The van der Waals surface area contributed by atoms with Crippen LogP contribution >= 0.6 is 0 Å². The van der Waals surface area contributed by atoms with Crippen LogP contribution in [0.5, 0.6) is 0 Å². The predicted molar refractivity (Wildman–Crippen MR) is 190 cm³/mol. The summed E-state index contributed by atoms with van der Waals surface area (Å²) in [4.78, 5) is 2.40. The monoisotopic (exact) mass is 571 g/mol. The molecular formula is C42H25N3. The van der Waals surface area contributed by atoms with Crippen molar-refractivity contribution in [2.45, 2.75) is 0 Å². The number of fused-ring (bicyclic) bond motifs is 12. The van der Waals surface area contributed by atoms with E-state index >= 15 is 0 Å². The second kappa shape index (κ2) is 8.31. The molecule has 4 heterocycles. The summed E-state index contributed by atoms with van der Waals surface area (Å²) in [6, 6.07) is 55.5. The van der Waals surface area contributed by atoms with Crippen molar-refractivity contribution < 1.29 is 0 Å². The van der Waals surface area contributed by atoms with Crippen LogP contribution in [0.25, 0.3) is 76.2 Å². The van der Waals surface area contributed by atoms with Crippen LogP contribution in [0.4, 0.5) is 17.1 Å². The Morgan fingerprint density at radius 1 is 0.311 bits per heavy atom. The van der Waals surface area contributed by atoms with Crippen molar-refractivity contribution in [3.8, 4) is 0 Å². The Kier molecular flexibility index (Phi) is 4.32. The maximum Gasteiger partial charge on any atom is 0.0782 e. The zero-order valence-corrected chi connectivity index (χ0v) is 24.3. The summed E-state index contributed by atoms with van der Waals surface area (Å²) < 4.78 is 5.02. The summed E-state index contributed by atoms with van der Waals surface area (Å²) in [5, 5.41) is 10.4. The molecule has 0 saturated heterocycles. The topological polar surface area (TPSA) is 12.1 Å². The predicted octanol–water partition coefficient (Wildman–Crippen LogP) is 11.5. The first kappa shape index (κ1) is 23.4. The Bertz CT molecular complexity index is 2870. The van der Waals surface area contributed by atoms with E-state index in [1.54, 1.807) is 0 Å². The molecule has 208 valence electrons. The Balaban J connectivity index is 1.34. The fraction of sp³-hybridized carbons (Fsp3) is 0. The summed E-state index contributed by atoms with van der Waals surface area (Å²) >= 11 is 0. The van der Waals surface area contributed by atoms with Crippen molar-refractivity contribution >= 4 is 93.3 Å². The van der Waals surface area contributed by atoms with Gasteiger partial charge >= 0.3 is 0 Å². The summed E-state index contributed by atoms with van der Waals surface area (Å²) in [6.45, 7) is 0. The van der Waals surface area contributed by atoms with Crippen molar-refractivity contribution in [2.75, 3.05) is 4.90 Å². The zero-order valence-electron chi connectivity index (χ0n) is 24.3. The Hall–Kier alpha value is -6.06. The Morgan fingerprint density at radius 2 is 0.756 bits per heavy atom. The lowest BCUT2D eigenvalue weighted by Crippen LogP contribution is -2.10. The Morgan fingerprint density at radius 3 is 1.40 bits per heavy atom. The van der Waals surface area contributed by atoms with Gasteiger partial charge in [-0.05, 0) is 48.5 Å². The van der Waals surface area contributed by atoms with Gasteiger partial charge in [0.25, 0.3) is 0 Å². The van der Waals surface area contributed by atoms with Crippen LogP contribution in [0.2, 0.25) is 0 Å². The van der Waals surface area contributed by atoms with E-state index < -0.39 is 0 Å². The van der Waals surface area contributed by atoms with Gasteiger partial charge in [-0.3, -0.25) is 0 Å². The summed E-state index contributed by atoms with van der Waals surface area (Å²) in [6.07, 6.45) is 0. The van der Waals surface area contributed by atoms with Gasteiger partial charge in [-0.15, -0.1) is 0 Å². The quantitative estimate of drug-likeness (QED) is 0.205. The molecule has 45 heavy (non-hydrogen) atoms. The molecule has 0 bridgehead atoms. The number of hydrogen-bond acceptors (Lipinski definition) is 1. The number of hydrogen-bond donors (Lipinski definition) is 0. The highest BCUT2D eigenvalue weighted by atomic mass is 15.2. The van der Waals surface area contributed by atoms with Gasteiger partial charge in [0.15, 0.2) is 0 Å². The molecule has 7 aromatic carbocycles.